The van der Waals surface area contributed by atoms with Crippen molar-refractivity contribution in [1.29, 1.82) is 0 Å². The summed E-state index contributed by atoms with van der Waals surface area (Å²) in [5.41, 5.74) is 2.69. The molecule has 2 rings (SSSR count). The summed E-state index contributed by atoms with van der Waals surface area (Å²) in [4.78, 5) is 24.0. The first-order valence-corrected chi connectivity index (χ1v) is 9.48. The van der Waals surface area contributed by atoms with E-state index in [9.17, 15) is 18.0 Å². The Morgan fingerprint density at radius 1 is 1.08 bits per heavy atom. The van der Waals surface area contributed by atoms with Crippen LogP contribution in [-0.2, 0) is 26.2 Å². The molecule has 7 nitrogen and oxygen atoms in total. The normalized spacial score (nSPS) is 11.1. The molecule has 0 aliphatic carbocycles. The van der Waals surface area contributed by atoms with Gasteiger partial charge in [-0.15, -0.1) is 0 Å². The van der Waals surface area contributed by atoms with Crippen LogP contribution < -0.4 is 15.8 Å². The largest absolute Gasteiger partial charge is 0.344 e. The van der Waals surface area contributed by atoms with Crippen molar-refractivity contribution >= 4 is 39.1 Å². The van der Waals surface area contributed by atoms with Crippen molar-refractivity contribution in [2.75, 3.05) is 5.32 Å². The number of primary sulfonamides is 1. The third-order valence-electron chi connectivity index (χ3n) is 3.58. The number of nitrogens with two attached hydrogens (primary N) is 1. The van der Waals surface area contributed by atoms with E-state index in [-0.39, 0.29) is 11.4 Å². The van der Waals surface area contributed by atoms with Gasteiger partial charge in [0.25, 0.3) is 0 Å². The number of carbonyl (C=O) groups is 2. The molecule has 0 unspecified atom stereocenters. The molecule has 0 heterocycles. The molecule has 0 aliphatic heterocycles. The first kappa shape index (κ1) is 19.9. The van der Waals surface area contributed by atoms with Gasteiger partial charge in [-0.2, -0.15) is 0 Å². The van der Waals surface area contributed by atoms with E-state index in [1.165, 1.54) is 24.3 Å². The molecule has 9 heteroatoms. The van der Waals surface area contributed by atoms with Crippen LogP contribution in [0.4, 0.5) is 5.69 Å². The van der Waals surface area contributed by atoms with Gasteiger partial charge < -0.3 is 10.6 Å². The smallest absolute Gasteiger partial charge is 0.313 e. The lowest BCUT2D eigenvalue weighted by molar-refractivity contribution is -0.136. The van der Waals surface area contributed by atoms with Crippen molar-refractivity contribution in [3.8, 4) is 0 Å². The van der Waals surface area contributed by atoms with E-state index in [0.717, 1.165) is 11.1 Å². The van der Waals surface area contributed by atoms with Crippen LogP contribution in [0.25, 0.3) is 0 Å². The second kappa shape index (κ2) is 7.86. The number of carbonyl (C=O) groups excluding carboxylic acids is 2. The molecule has 26 heavy (non-hydrogen) atoms. The quantitative estimate of drug-likeness (QED) is 0.684. The van der Waals surface area contributed by atoms with E-state index in [1.807, 2.05) is 13.0 Å². The average molecular weight is 396 g/mol. The highest BCUT2D eigenvalue weighted by atomic mass is 35.5. The minimum atomic E-state index is -3.77. The van der Waals surface area contributed by atoms with Crippen molar-refractivity contribution in [3.05, 3.63) is 58.1 Å². The molecule has 0 aliphatic rings. The Bertz CT molecular complexity index is 933. The second-order valence-corrected chi connectivity index (χ2v) is 7.73. The molecule has 2 amide bonds. The van der Waals surface area contributed by atoms with Crippen molar-refractivity contribution in [1.82, 2.24) is 5.32 Å². The minimum absolute atomic E-state index is 0.0326. The van der Waals surface area contributed by atoms with E-state index in [1.54, 1.807) is 13.0 Å². The molecule has 2 aromatic carbocycles. The highest BCUT2D eigenvalue weighted by Crippen LogP contribution is 2.27. The fourth-order valence-corrected chi connectivity index (χ4v) is 3.19. The number of hydrogen-bond donors (Lipinski definition) is 3. The number of sulfonamides is 1. The maximum Gasteiger partial charge on any atom is 0.313 e. The van der Waals surface area contributed by atoms with Gasteiger partial charge in [-0.3, -0.25) is 9.59 Å². The standard InChI is InChI=1S/C17H18ClN3O4S/c1-10-7-11(2)15(14(18)8-10)21-17(23)16(22)20-9-12-3-5-13(6-4-12)26(19,24)25/h3-8H,9H2,1-2H3,(H,20,22)(H,21,23)(H2,19,24,25). The lowest BCUT2D eigenvalue weighted by atomic mass is 10.1. The molecule has 4 N–H and O–H groups in total. The van der Waals surface area contributed by atoms with Crippen LogP contribution >= 0.6 is 11.6 Å². The Balaban J connectivity index is 1.99. The topological polar surface area (TPSA) is 118 Å². The average Bonchev–Trinajstić information content (AvgIpc) is 2.55. The van der Waals surface area contributed by atoms with Crippen molar-refractivity contribution in [2.24, 2.45) is 5.14 Å². The predicted molar refractivity (Wildman–Crippen MR) is 99.2 cm³/mol. The Morgan fingerprint density at radius 3 is 2.23 bits per heavy atom. The highest BCUT2D eigenvalue weighted by molar-refractivity contribution is 7.89. The predicted octanol–water partition coefficient (Wildman–Crippen LogP) is 1.86. The number of rotatable bonds is 4. The van der Waals surface area contributed by atoms with Crippen LogP contribution in [0.15, 0.2) is 41.3 Å². The van der Waals surface area contributed by atoms with Crippen molar-refractivity contribution in [2.45, 2.75) is 25.3 Å². The minimum Gasteiger partial charge on any atom is -0.344 e. The second-order valence-electron chi connectivity index (χ2n) is 5.76. The highest BCUT2D eigenvalue weighted by Gasteiger charge is 2.16. The Kier molecular flexibility index (Phi) is 6.01. The third kappa shape index (κ3) is 5.04. The number of benzene rings is 2. The number of amides is 2. The summed E-state index contributed by atoms with van der Waals surface area (Å²) in [6, 6.07) is 9.18. The Morgan fingerprint density at radius 2 is 1.69 bits per heavy atom. The van der Waals surface area contributed by atoms with E-state index in [2.05, 4.69) is 10.6 Å². The SMILES string of the molecule is Cc1cc(C)c(NC(=O)C(=O)NCc2ccc(S(N)(=O)=O)cc2)c(Cl)c1. The van der Waals surface area contributed by atoms with Crippen LogP contribution in [0.3, 0.4) is 0 Å². The number of anilines is 1. The Labute approximate surface area is 156 Å². The molecule has 0 radical (unpaired) electrons. The third-order valence-corrected chi connectivity index (χ3v) is 4.81. The van der Waals surface area contributed by atoms with Gasteiger partial charge in [0.05, 0.1) is 15.6 Å². The summed E-state index contributed by atoms with van der Waals surface area (Å²) in [5.74, 6) is -1.68. The maximum absolute atomic E-state index is 12.0. The molecule has 138 valence electrons. The van der Waals surface area contributed by atoms with Gasteiger partial charge in [0.15, 0.2) is 0 Å². The number of halogens is 1. The summed E-state index contributed by atoms with van der Waals surface area (Å²) < 4.78 is 22.4. The van der Waals surface area contributed by atoms with E-state index < -0.39 is 21.8 Å². The number of nitrogens with one attached hydrogen (secondary N) is 2. The van der Waals surface area contributed by atoms with Gasteiger partial charge >= 0.3 is 11.8 Å². The van der Waals surface area contributed by atoms with Crippen molar-refractivity contribution in [3.63, 3.8) is 0 Å². The van der Waals surface area contributed by atoms with Crippen LogP contribution in [0, 0.1) is 13.8 Å². The van der Waals surface area contributed by atoms with Gasteiger partial charge in [-0.05, 0) is 48.7 Å². The molecular weight excluding hydrogens is 378 g/mol. The van der Waals surface area contributed by atoms with Crippen LogP contribution in [0.1, 0.15) is 16.7 Å². The summed E-state index contributed by atoms with van der Waals surface area (Å²) >= 11 is 6.10. The van der Waals surface area contributed by atoms with Gasteiger partial charge in [0.1, 0.15) is 0 Å². The van der Waals surface area contributed by atoms with Crippen LogP contribution in [0.2, 0.25) is 5.02 Å². The first-order valence-electron chi connectivity index (χ1n) is 7.55. The first-order chi connectivity index (χ1) is 12.1. The zero-order valence-electron chi connectivity index (χ0n) is 14.2. The summed E-state index contributed by atoms with van der Waals surface area (Å²) in [5, 5.41) is 10.3. The van der Waals surface area contributed by atoms with Crippen molar-refractivity contribution < 1.29 is 18.0 Å². The molecule has 0 saturated carbocycles. The summed E-state index contributed by atoms with van der Waals surface area (Å²) in [6.07, 6.45) is 0. The molecule has 0 spiro atoms. The fraction of sp³-hybridized carbons (Fsp3) is 0.176. The maximum atomic E-state index is 12.0. The van der Waals surface area contributed by atoms with E-state index >= 15 is 0 Å². The van der Waals surface area contributed by atoms with Gasteiger partial charge in [0.2, 0.25) is 10.0 Å². The molecule has 0 saturated heterocycles. The summed E-state index contributed by atoms with van der Waals surface area (Å²) in [6.45, 7) is 3.70. The van der Waals surface area contributed by atoms with Gasteiger partial charge in [-0.25, -0.2) is 13.6 Å². The zero-order chi connectivity index (χ0) is 19.5. The molecule has 0 aromatic heterocycles. The number of hydrogen-bond acceptors (Lipinski definition) is 4. The lowest BCUT2D eigenvalue weighted by Gasteiger charge is -2.11. The molecule has 2 aromatic rings. The fourth-order valence-electron chi connectivity index (χ4n) is 2.30. The lowest BCUT2D eigenvalue weighted by Crippen LogP contribution is -2.35. The van der Waals surface area contributed by atoms with Gasteiger partial charge in [-0.1, -0.05) is 29.8 Å². The molecule has 0 fully saturated rings. The number of aryl methyl sites for hydroxylation is 2. The Hall–Kier alpha value is -2.42. The molecular formula is C17H18ClN3O4S. The monoisotopic (exact) mass is 395 g/mol. The van der Waals surface area contributed by atoms with E-state index in [0.29, 0.717) is 16.3 Å². The van der Waals surface area contributed by atoms with Gasteiger partial charge in [0, 0.05) is 6.54 Å². The van der Waals surface area contributed by atoms with Crippen LogP contribution in [-0.4, -0.2) is 20.2 Å². The molecule has 0 atom stereocenters. The summed E-state index contributed by atoms with van der Waals surface area (Å²) in [7, 11) is -3.77. The zero-order valence-corrected chi connectivity index (χ0v) is 15.7. The van der Waals surface area contributed by atoms with E-state index in [4.69, 9.17) is 16.7 Å². The molecule has 0 bridgehead atoms. The van der Waals surface area contributed by atoms with Crippen LogP contribution in [0.5, 0.6) is 0 Å².